The van der Waals surface area contributed by atoms with Crippen LogP contribution in [-0.4, -0.2) is 36.0 Å². The molecule has 0 saturated carbocycles. The van der Waals surface area contributed by atoms with Crippen molar-refractivity contribution >= 4 is 28.7 Å². The smallest absolute Gasteiger partial charge is 0.181 e. The molecular weight excluding hydrogens is 262 g/mol. The van der Waals surface area contributed by atoms with Gasteiger partial charge in [0.25, 0.3) is 0 Å². The minimum Gasteiger partial charge on any atom is -0.357 e. The number of carbonyl (C=O) groups excluding carboxylic acids is 1. The first-order valence-electron chi connectivity index (χ1n) is 5.66. The Bertz CT molecular complexity index is 732. The summed E-state index contributed by atoms with van der Waals surface area (Å²) in [5.41, 5.74) is 2.10. The lowest BCUT2D eigenvalue weighted by atomic mass is 10.2. The molecule has 0 atom stereocenters. The second-order valence-corrected chi connectivity index (χ2v) is 5.02. The number of fused-ring (bicyclic) bond motifs is 1. The summed E-state index contributed by atoms with van der Waals surface area (Å²) in [5, 5.41) is 0.742. The Morgan fingerprint density at radius 3 is 3.11 bits per heavy atom. The first-order valence-corrected chi connectivity index (χ1v) is 6.64. The molecule has 3 aromatic heterocycles. The third-order valence-electron chi connectivity index (χ3n) is 2.68. The average Bonchev–Trinajstić information content (AvgIpc) is 3.04. The maximum Gasteiger partial charge on any atom is 0.181 e. The molecule has 6 nitrogen and oxygen atoms in total. The molecule has 0 unspecified atom stereocenters. The van der Waals surface area contributed by atoms with Gasteiger partial charge in [0.05, 0.1) is 12.1 Å². The molecule has 96 valence electrons. The molecule has 0 aliphatic rings. The van der Waals surface area contributed by atoms with E-state index in [1.54, 1.807) is 6.33 Å². The van der Waals surface area contributed by atoms with E-state index in [1.165, 1.54) is 18.1 Å². The second-order valence-electron chi connectivity index (χ2n) is 4.06. The Labute approximate surface area is 113 Å². The van der Waals surface area contributed by atoms with Crippen LogP contribution in [-0.2, 0) is 7.05 Å². The number of imidazole rings is 1. The van der Waals surface area contributed by atoms with Gasteiger partial charge in [-0.05, 0) is 6.07 Å². The third-order valence-corrected chi connectivity index (χ3v) is 3.67. The number of rotatable bonds is 4. The predicted octanol–water partition coefficient (Wildman–Crippen LogP) is 1.67. The summed E-state index contributed by atoms with van der Waals surface area (Å²) in [6.45, 7) is 0. The standard InChI is InChI=1S/C12H11N5OS/c1-17-3-2-8(4-17)9(18)5-19-12-10-11(14-6-13-10)15-7-16-12/h2-4,6-7H,5H2,1H3,(H,13,14,15,16). The highest BCUT2D eigenvalue weighted by Crippen LogP contribution is 2.22. The summed E-state index contributed by atoms with van der Waals surface area (Å²) < 4.78 is 1.86. The normalized spacial score (nSPS) is 11.0. The lowest BCUT2D eigenvalue weighted by Gasteiger charge is -2.00. The van der Waals surface area contributed by atoms with Crippen molar-refractivity contribution in [2.75, 3.05) is 5.75 Å². The molecule has 0 aliphatic heterocycles. The molecule has 0 saturated heterocycles. The van der Waals surface area contributed by atoms with Crippen LogP contribution in [0.5, 0.6) is 0 Å². The molecule has 0 spiro atoms. The molecule has 0 amide bonds. The highest BCUT2D eigenvalue weighted by Gasteiger charge is 2.11. The number of aromatic amines is 1. The summed E-state index contributed by atoms with van der Waals surface area (Å²) in [6.07, 6.45) is 6.70. The van der Waals surface area contributed by atoms with Gasteiger partial charge >= 0.3 is 0 Å². The molecule has 0 aromatic carbocycles. The average molecular weight is 273 g/mol. The lowest BCUT2D eigenvalue weighted by Crippen LogP contribution is -2.01. The van der Waals surface area contributed by atoms with Gasteiger partial charge in [-0.1, -0.05) is 11.8 Å². The fraction of sp³-hybridized carbons (Fsp3) is 0.167. The van der Waals surface area contributed by atoms with Crippen LogP contribution in [0.15, 0.2) is 36.1 Å². The Morgan fingerprint density at radius 1 is 1.42 bits per heavy atom. The minimum atomic E-state index is 0.0804. The van der Waals surface area contributed by atoms with Crippen LogP contribution < -0.4 is 0 Å². The van der Waals surface area contributed by atoms with Crippen molar-refractivity contribution in [3.05, 3.63) is 36.7 Å². The first-order chi connectivity index (χ1) is 9.24. The number of carbonyl (C=O) groups is 1. The van der Waals surface area contributed by atoms with Gasteiger partial charge in [0.15, 0.2) is 11.4 Å². The summed E-state index contributed by atoms with van der Waals surface area (Å²) in [5.74, 6) is 0.423. The van der Waals surface area contributed by atoms with Crippen LogP contribution in [0.25, 0.3) is 11.2 Å². The molecule has 0 fully saturated rings. The molecule has 1 N–H and O–H groups in total. The van der Waals surface area contributed by atoms with E-state index in [-0.39, 0.29) is 5.78 Å². The molecule has 19 heavy (non-hydrogen) atoms. The van der Waals surface area contributed by atoms with Crippen molar-refractivity contribution in [1.82, 2.24) is 24.5 Å². The number of H-pyrrole nitrogens is 1. The minimum absolute atomic E-state index is 0.0804. The number of Topliss-reactive ketones (excluding diaryl/α,β-unsaturated/α-hetero) is 1. The number of aryl methyl sites for hydroxylation is 1. The van der Waals surface area contributed by atoms with Gasteiger partial charge in [0.2, 0.25) is 0 Å². The van der Waals surface area contributed by atoms with Gasteiger partial charge < -0.3 is 9.55 Å². The van der Waals surface area contributed by atoms with Crippen LogP contribution in [0, 0.1) is 0 Å². The van der Waals surface area contributed by atoms with Crippen LogP contribution in [0.1, 0.15) is 10.4 Å². The summed E-state index contributed by atoms with van der Waals surface area (Å²) in [7, 11) is 1.89. The fourth-order valence-electron chi connectivity index (χ4n) is 1.74. The topological polar surface area (TPSA) is 76.5 Å². The first kappa shape index (κ1) is 11.9. The van der Waals surface area contributed by atoms with Crippen LogP contribution in [0.3, 0.4) is 0 Å². The molecule has 3 rings (SSSR count). The Balaban J connectivity index is 1.76. The van der Waals surface area contributed by atoms with Gasteiger partial charge in [-0.3, -0.25) is 4.79 Å². The van der Waals surface area contributed by atoms with E-state index < -0.39 is 0 Å². The van der Waals surface area contributed by atoms with Crippen molar-refractivity contribution in [2.45, 2.75) is 5.03 Å². The van der Waals surface area contributed by atoms with Crippen LogP contribution in [0.4, 0.5) is 0 Å². The Hall–Kier alpha value is -2.15. The number of nitrogens with one attached hydrogen (secondary N) is 1. The van der Waals surface area contributed by atoms with E-state index in [4.69, 9.17) is 0 Å². The molecule has 3 heterocycles. The summed E-state index contributed by atoms with van der Waals surface area (Å²) in [4.78, 5) is 27.3. The van der Waals surface area contributed by atoms with Crippen molar-refractivity contribution in [2.24, 2.45) is 7.05 Å². The van der Waals surface area contributed by atoms with E-state index >= 15 is 0 Å². The molecule has 3 aromatic rings. The maximum absolute atomic E-state index is 12.0. The van der Waals surface area contributed by atoms with Crippen molar-refractivity contribution in [1.29, 1.82) is 0 Å². The molecule has 7 heteroatoms. The number of ketones is 1. The van der Waals surface area contributed by atoms with E-state index in [0.29, 0.717) is 17.0 Å². The maximum atomic E-state index is 12.0. The zero-order valence-electron chi connectivity index (χ0n) is 10.2. The molecule has 0 aliphatic carbocycles. The largest absolute Gasteiger partial charge is 0.357 e. The highest BCUT2D eigenvalue weighted by atomic mass is 32.2. The number of nitrogens with zero attached hydrogens (tertiary/aromatic N) is 4. The van der Waals surface area contributed by atoms with Crippen molar-refractivity contribution in [3.8, 4) is 0 Å². The Morgan fingerprint density at radius 2 is 2.32 bits per heavy atom. The van der Waals surface area contributed by atoms with Crippen LogP contribution >= 0.6 is 11.8 Å². The monoisotopic (exact) mass is 273 g/mol. The lowest BCUT2D eigenvalue weighted by molar-refractivity contribution is 0.102. The van der Waals surface area contributed by atoms with Gasteiger partial charge in [0.1, 0.15) is 16.9 Å². The van der Waals surface area contributed by atoms with Crippen molar-refractivity contribution in [3.63, 3.8) is 0 Å². The number of hydrogen-bond donors (Lipinski definition) is 1. The van der Waals surface area contributed by atoms with Gasteiger partial charge in [-0.25, -0.2) is 15.0 Å². The van der Waals surface area contributed by atoms with E-state index in [1.807, 2.05) is 30.1 Å². The summed E-state index contributed by atoms with van der Waals surface area (Å²) >= 11 is 1.39. The number of aromatic nitrogens is 5. The quantitative estimate of drug-likeness (QED) is 0.444. The second kappa shape index (κ2) is 4.85. The van der Waals surface area contributed by atoms with Gasteiger partial charge in [0, 0.05) is 25.0 Å². The van der Waals surface area contributed by atoms with E-state index in [0.717, 1.165) is 10.5 Å². The van der Waals surface area contributed by atoms with Crippen molar-refractivity contribution < 1.29 is 4.79 Å². The number of hydrogen-bond acceptors (Lipinski definition) is 5. The van der Waals surface area contributed by atoms with Gasteiger partial charge in [-0.2, -0.15) is 0 Å². The SMILES string of the molecule is Cn1ccc(C(=O)CSc2ncnc3nc[nH]c23)c1. The fourth-order valence-corrected chi connectivity index (χ4v) is 2.59. The zero-order chi connectivity index (χ0) is 13.2. The van der Waals surface area contributed by atoms with E-state index in [2.05, 4.69) is 19.9 Å². The molecule has 0 radical (unpaired) electrons. The predicted molar refractivity (Wildman–Crippen MR) is 72.2 cm³/mol. The Kier molecular flexibility index (Phi) is 3.04. The van der Waals surface area contributed by atoms with Crippen LogP contribution in [0.2, 0.25) is 0 Å². The molecular formula is C12H11N5OS. The number of thioether (sulfide) groups is 1. The van der Waals surface area contributed by atoms with E-state index in [9.17, 15) is 4.79 Å². The summed E-state index contributed by atoms with van der Waals surface area (Å²) in [6, 6.07) is 1.81. The van der Waals surface area contributed by atoms with Gasteiger partial charge in [-0.15, -0.1) is 0 Å². The molecule has 0 bridgehead atoms. The zero-order valence-corrected chi connectivity index (χ0v) is 11.0. The third kappa shape index (κ3) is 2.37. The highest BCUT2D eigenvalue weighted by molar-refractivity contribution is 8.00.